The first-order chi connectivity index (χ1) is 9.15. The van der Waals surface area contributed by atoms with Crippen LogP contribution in [0.3, 0.4) is 0 Å². The molecule has 0 spiro atoms. The lowest BCUT2D eigenvalue weighted by atomic mass is 10.2. The fraction of sp³-hybridized carbons (Fsp3) is 0.167. The number of thiazole rings is 1. The summed E-state index contributed by atoms with van der Waals surface area (Å²) in [5, 5.41) is 4.70. The Kier molecular flexibility index (Phi) is 4.24. The smallest absolute Gasteiger partial charge is 0.275 e. The van der Waals surface area contributed by atoms with Gasteiger partial charge in [0.25, 0.3) is 5.91 Å². The molecule has 0 saturated heterocycles. The summed E-state index contributed by atoms with van der Waals surface area (Å²) in [6, 6.07) is 3.18. The first-order valence-electron chi connectivity index (χ1n) is 5.26. The number of carbonyl (C=O) groups excluding carboxylic acids is 1. The summed E-state index contributed by atoms with van der Waals surface area (Å²) in [5.41, 5.74) is 2.37. The van der Waals surface area contributed by atoms with E-state index in [1.54, 1.807) is 23.0 Å². The molecule has 0 bridgehead atoms. The molecule has 0 radical (unpaired) electrons. The number of ether oxygens (including phenoxy) is 2. The van der Waals surface area contributed by atoms with Crippen LogP contribution in [-0.4, -0.2) is 25.1 Å². The van der Waals surface area contributed by atoms with E-state index in [1.165, 1.54) is 25.6 Å². The molecule has 2 rings (SSSR count). The Morgan fingerprint density at radius 3 is 2.58 bits per heavy atom. The number of benzene rings is 1. The Morgan fingerprint density at radius 2 is 2.00 bits per heavy atom. The van der Waals surface area contributed by atoms with Crippen molar-refractivity contribution < 1.29 is 14.3 Å². The monoisotopic (exact) mass is 298 g/mol. The molecule has 1 aromatic heterocycles. The van der Waals surface area contributed by atoms with Crippen molar-refractivity contribution in [3.8, 4) is 11.5 Å². The molecule has 5 nitrogen and oxygen atoms in total. The molecule has 0 aliphatic rings. The minimum atomic E-state index is -0.324. The van der Waals surface area contributed by atoms with Crippen LogP contribution in [0.4, 0.5) is 5.69 Å². The van der Waals surface area contributed by atoms with Crippen molar-refractivity contribution in [2.24, 2.45) is 0 Å². The van der Waals surface area contributed by atoms with Crippen molar-refractivity contribution in [2.45, 2.75) is 0 Å². The van der Waals surface area contributed by atoms with Crippen LogP contribution in [0.5, 0.6) is 11.5 Å². The van der Waals surface area contributed by atoms with E-state index in [9.17, 15) is 4.79 Å². The van der Waals surface area contributed by atoms with Crippen LogP contribution in [0, 0.1) is 0 Å². The molecule has 0 aliphatic heterocycles. The number of halogens is 1. The first-order valence-corrected chi connectivity index (χ1v) is 6.59. The van der Waals surface area contributed by atoms with Gasteiger partial charge in [0.05, 0.1) is 30.4 Å². The van der Waals surface area contributed by atoms with Gasteiger partial charge in [0, 0.05) is 17.5 Å². The van der Waals surface area contributed by atoms with Crippen LogP contribution in [-0.2, 0) is 0 Å². The molecule has 19 heavy (non-hydrogen) atoms. The molecule has 1 heterocycles. The number of hydrogen-bond donors (Lipinski definition) is 1. The minimum Gasteiger partial charge on any atom is -0.493 e. The van der Waals surface area contributed by atoms with Gasteiger partial charge in [-0.1, -0.05) is 11.6 Å². The summed E-state index contributed by atoms with van der Waals surface area (Å²) in [7, 11) is 3.03. The predicted octanol–water partition coefficient (Wildman–Crippen LogP) is 3.07. The van der Waals surface area contributed by atoms with Crippen LogP contribution in [0.2, 0.25) is 5.02 Å². The Balaban J connectivity index is 2.28. The van der Waals surface area contributed by atoms with E-state index < -0.39 is 0 Å². The Morgan fingerprint density at radius 1 is 1.32 bits per heavy atom. The summed E-state index contributed by atoms with van der Waals surface area (Å²) in [4.78, 5) is 15.8. The van der Waals surface area contributed by atoms with Gasteiger partial charge in [-0.3, -0.25) is 4.79 Å². The molecule has 0 unspecified atom stereocenters. The van der Waals surface area contributed by atoms with Gasteiger partial charge in [0.15, 0.2) is 11.5 Å². The zero-order chi connectivity index (χ0) is 13.8. The largest absolute Gasteiger partial charge is 0.493 e. The highest BCUT2D eigenvalue weighted by Gasteiger charge is 2.14. The summed E-state index contributed by atoms with van der Waals surface area (Å²) in [6.07, 6.45) is 0. The second kappa shape index (κ2) is 5.90. The number of methoxy groups -OCH3 is 2. The zero-order valence-corrected chi connectivity index (χ0v) is 11.8. The van der Waals surface area contributed by atoms with E-state index >= 15 is 0 Å². The number of rotatable bonds is 4. The first kappa shape index (κ1) is 13.6. The second-order valence-corrected chi connectivity index (χ2v) is 4.64. The Hall–Kier alpha value is -1.79. The van der Waals surface area contributed by atoms with Gasteiger partial charge in [-0.05, 0) is 0 Å². The van der Waals surface area contributed by atoms with Crippen molar-refractivity contribution in [3.63, 3.8) is 0 Å². The minimum absolute atomic E-state index is 0.324. The molecular weight excluding hydrogens is 288 g/mol. The molecule has 1 aromatic carbocycles. The van der Waals surface area contributed by atoms with Crippen LogP contribution < -0.4 is 14.8 Å². The number of aromatic nitrogens is 1. The molecule has 1 N–H and O–H groups in total. The fourth-order valence-electron chi connectivity index (χ4n) is 1.46. The van der Waals surface area contributed by atoms with Crippen molar-refractivity contribution in [3.05, 3.63) is 33.7 Å². The normalized spacial score (nSPS) is 10.1. The van der Waals surface area contributed by atoms with Crippen LogP contribution in [0.15, 0.2) is 23.0 Å². The van der Waals surface area contributed by atoms with Crippen molar-refractivity contribution in [1.29, 1.82) is 0 Å². The quantitative estimate of drug-likeness (QED) is 0.942. The Labute approximate surface area is 119 Å². The number of nitrogens with one attached hydrogen (secondary N) is 1. The van der Waals surface area contributed by atoms with Crippen molar-refractivity contribution in [2.75, 3.05) is 19.5 Å². The molecule has 0 aliphatic carbocycles. The standard InChI is InChI=1S/C12H11ClN2O3S/c1-17-10-3-7(13)8(4-11(10)18-2)15-12(16)9-5-19-6-14-9/h3-6H,1-2H3,(H,15,16). The second-order valence-electron chi connectivity index (χ2n) is 3.51. The number of hydrogen-bond acceptors (Lipinski definition) is 5. The highest BCUT2D eigenvalue weighted by molar-refractivity contribution is 7.07. The van der Waals surface area contributed by atoms with Gasteiger partial charge in [-0.15, -0.1) is 11.3 Å². The molecule has 2 aromatic rings. The van der Waals surface area contributed by atoms with Crippen LogP contribution in [0.25, 0.3) is 0 Å². The Bertz CT molecular complexity index is 587. The van der Waals surface area contributed by atoms with E-state index in [-0.39, 0.29) is 5.91 Å². The van der Waals surface area contributed by atoms with E-state index in [1.807, 2.05) is 0 Å². The van der Waals surface area contributed by atoms with Gasteiger partial charge in [0.2, 0.25) is 0 Å². The lowest BCUT2D eigenvalue weighted by Gasteiger charge is -2.12. The molecule has 0 atom stereocenters. The van der Waals surface area contributed by atoms with Crippen LogP contribution in [0.1, 0.15) is 10.5 Å². The molecule has 1 amide bonds. The average molecular weight is 299 g/mol. The zero-order valence-electron chi connectivity index (χ0n) is 10.3. The van der Waals surface area contributed by atoms with E-state index in [0.29, 0.717) is 27.9 Å². The van der Waals surface area contributed by atoms with Crippen molar-refractivity contribution in [1.82, 2.24) is 4.98 Å². The molecule has 100 valence electrons. The highest BCUT2D eigenvalue weighted by atomic mass is 35.5. The molecule has 0 saturated carbocycles. The third-order valence-electron chi connectivity index (χ3n) is 2.39. The molecule has 0 fully saturated rings. The lowest BCUT2D eigenvalue weighted by molar-refractivity contribution is 0.102. The molecular formula is C12H11ClN2O3S. The predicted molar refractivity (Wildman–Crippen MR) is 74.6 cm³/mol. The van der Waals surface area contributed by atoms with E-state index in [0.717, 1.165) is 0 Å². The number of anilines is 1. The number of nitrogens with zero attached hydrogens (tertiary/aromatic N) is 1. The van der Waals surface area contributed by atoms with E-state index in [2.05, 4.69) is 10.3 Å². The summed E-state index contributed by atoms with van der Waals surface area (Å²) in [5.74, 6) is 0.662. The van der Waals surface area contributed by atoms with Gasteiger partial charge >= 0.3 is 0 Å². The van der Waals surface area contributed by atoms with Gasteiger partial charge in [-0.25, -0.2) is 4.98 Å². The summed E-state index contributed by atoms with van der Waals surface area (Å²) in [6.45, 7) is 0. The fourth-order valence-corrected chi connectivity index (χ4v) is 2.19. The number of carbonyl (C=O) groups is 1. The number of amides is 1. The maximum atomic E-state index is 11.9. The highest BCUT2D eigenvalue weighted by Crippen LogP contribution is 2.36. The topological polar surface area (TPSA) is 60.5 Å². The third kappa shape index (κ3) is 2.97. The van der Waals surface area contributed by atoms with Crippen molar-refractivity contribution >= 4 is 34.5 Å². The summed E-state index contributed by atoms with van der Waals surface area (Å²) < 4.78 is 10.3. The average Bonchev–Trinajstić information content (AvgIpc) is 2.94. The van der Waals surface area contributed by atoms with Crippen LogP contribution >= 0.6 is 22.9 Å². The van der Waals surface area contributed by atoms with Gasteiger partial charge < -0.3 is 14.8 Å². The molecule has 7 heteroatoms. The van der Waals surface area contributed by atoms with E-state index in [4.69, 9.17) is 21.1 Å². The maximum absolute atomic E-state index is 11.9. The van der Waals surface area contributed by atoms with Gasteiger partial charge in [0.1, 0.15) is 5.69 Å². The van der Waals surface area contributed by atoms with Gasteiger partial charge in [-0.2, -0.15) is 0 Å². The maximum Gasteiger partial charge on any atom is 0.275 e. The third-order valence-corrected chi connectivity index (χ3v) is 3.29. The summed E-state index contributed by atoms with van der Waals surface area (Å²) >= 11 is 7.42. The SMILES string of the molecule is COc1cc(Cl)c(NC(=O)c2cscn2)cc1OC. The lowest BCUT2D eigenvalue weighted by Crippen LogP contribution is -2.12.